The Labute approximate surface area is 92.3 Å². The zero-order chi connectivity index (χ0) is 12.0. The molecule has 0 spiro atoms. The first-order chi connectivity index (χ1) is 7.63. The van der Waals surface area contributed by atoms with Crippen molar-refractivity contribution in [1.82, 2.24) is 4.90 Å². The average molecular weight is 225 g/mol. The highest BCUT2D eigenvalue weighted by Gasteiger charge is 2.08. The monoisotopic (exact) mass is 225 g/mol. The number of halogens is 1. The first-order valence-electron chi connectivity index (χ1n) is 4.78. The first-order valence-corrected chi connectivity index (χ1v) is 4.78. The van der Waals surface area contributed by atoms with Crippen LogP contribution in [0.5, 0.6) is 0 Å². The second-order valence-corrected chi connectivity index (χ2v) is 3.31. The fourth-order valence-electron chi connectivity index (χ4n) is 1.31. The van der Waals surface area contributed by atoms with Crippen LogP contribution in [0.4, 0.5) is 4.39 Å². The predicted molar refractivity (Wildman–Crippen MR) is 55.4 cm³/mol. The quantitative estimate of drug-likeness (QED) is 0.732. The van der Waals surface area contributed by atoms with Gasteiger partial charge in [0, 0.05) is 6.54 Å². The van der Waals surface area contributed by atoms with E-state index in [-0.39, 0.29) is 18.9 Å². The highest BCUT2D eigenvalue weighted by molar-refractivity contribution is 5.71. The number of carbonyl (C=O) groups is 2. The summed E-state index contributed by atoms with van der Waals surface area (Å²) in [6.45, 7) is -0.172. The van der Waals surface area contributed by atoms with E-state index >= 15 is 0 Å². The van der Waals surface area contributed by atoms with Crippen molar-refractivity contribution in [2.75, 3.05) is 13.1 Å². The van der Waals surface area contributed by atoms with E-state index in [4.69, 9.17) is 5.11 Å². The molecule has 0 aliphatic heterocycles. The van der Waals surface area contributed by atoms with Gasteiger partial charge in [0.25, 0.3) is 0 Å². The van der Waals surface area contributed by atoms with Gasteiger partial charge in [0.2, 0.25) is 6.41 Å². The lowest BCUT2D eigenvalue weighted by atomic mass is 10.1. The Kier molecular flexibility index (Phi) is 4.44. The Morgan fingerprint density at radius 3 is 2.69 bits per heavy atom. The van der Waals surface area contributed by atoms with Crippen LogP contribution < -0.4 is 0 Å². The third-order valence-corrected chi connectivity index (χ3v) is 2.11. The van der Waals surface area contributed by atoms with E-state index in [1.165, 1.54) is 6.07 Å². The molecule has 0 saturated heterocycles. The maximum Gasteiger partial charge on any atom is 0.323 e. The number of hydrogen-bond donors (Lipinski definition) is 1. The second kappa shape index (κ2) is 5.85. The third-order valence-electron chi connectivity index (χ3n) is 2.11. The SMILES string of the molecule is O=CN(CCc1ccccc1F)CC(=O)O. The molecular formula is C11H12FNO3. The van der Waals surface area contributed by atoms with E-state index in [1.807, 2.05) is 0 Å². The lowest BCUT2D eigenvalue weighted by Crippen LogP contribution is -2.30. The van der Waals surface area contributed by atoms with Crippen LogP contribution in [0.2, 0.25) is 0 Å². The Morgan fingerprint density at radius 2 is 2.12 bits per heavy atom. The summed E-state index contributed by atoms with van der Waals surface area (Å²) in [5, 5.41) is 8.49. The largest absolute Gasteiger partial charge is 0.480 e. The van der Waals surface area contributed by atoms with Crippen LogP contribution in [0.1, 0.15) is 5.56 Å². The molecule has 5 heteroatoms. The van der Waals surface area contributed by atoms with Crippen molar-refractivity contribution in [3.8, 4) is 0 Å². The minimum absolute atomic E-state index is 0.191. The molecule has 16 heavy (non-hydrogen) atoms. The van der Waals surface area contributed by atoms with Crippen LogP contribution in [-0.4, -0.2) is 35.5 Å². The normalized spacial score (nSPS) is 9.81. The van der Waals surface area contributed by atoms with Crippen molar-refractivity contribution in [3.63, 3.8) is 0 Å². The van der Waals surface area contributed by atoms with Gasteiger partial charge in [-0.05, 0) is 18.1 Å². The molecule has 1 amide bonds. The predicted octanol–water partition coefficient (Wildman–Crippen LogP) is 0.911. The van der Waals surface area contributed by atoms with Gasteiger partial charge in [-0.2, -0.15) is 0 Å². The number of rotatable bonds is 6. The summed E-state index contributed by atoms with van der Waals surface area (Å²) in [5.74, 6) is -1.43. The zero-order valence-corrected chi connectivity index (χ0v) is 8.60. The van der Waals surface area contributed by atoms with Crippen molar-refractivity contribution < 1.29 is 19.1 Å². The molecule has 86 valence electrons. The van der Waals surface area contributed by atoms with E-state index in [0.29, 0.717) is 18.4 Å². The Morgan fingerprint density at radius 1 is 1.44 bits per heavy atom. The molecular weight excluding hydrogens is 213 g/mol. The van der Waals surface area contributed by atoms with Crippen molar-refractivity contribution in [2.24, 2.45) is 0 Å². The van der Waals surface area contributed by atoms with E-state index in [0.717, 1.165) is 4.90 Å². The van der Waals surface area contributed by atoms with Gasteiger partial charge in [0.1, 0.15) is 12.4 Å². The molecule has 0 heterocycles. The van der Waals surface area contributed by atoms with Crippen molar-refractivity contribution >= 4 is 12.4 Å². The minimum Gasteiger partial charge on any atom is -0.480 e. The number of carbonyl (C=O) groups excluding carboxylic acids is 1. The van der Waals surface area contributed by atoms with E-state index < -0.39 is 5.97 Å². The van der Waals surface area contributed by atoms with Crippen LogP contribution in [0, 0.1) is 5.82 Å². The van der Waals surface area contributed by atoms with Gasteiger partial charge < -0.3 is 10.0 Å². The lowest BCUT2D eigenvalue weighted by molar-refractivity contribution is -0.140. The van der Waals surface area contributed by atoms with Gasteiger partial charge in [-0.25, -0.2) is 4.39 Å². The number of carboxylic acid groups (broad SMARTS) is 1. The van der Waals surface area contributed by atoms with Crippen LogP contribution >= 0.6 is 0 Å². The molecule has 0 aliphatic carbocycles. The molecule has 1 aromatic carbocycles. The van der Waals surface area contributed by atoms with Gasteiger partial charge in [-0.3, -0.25) is 9.59 Å². The fourth-order valence-corrected chi connectivity index (χ4v) is 1.31. The summed E-state index contributed by atoms with van der Waals surface area (Å²) < 4.78 is 13.2. The van der Waals surface area contributed by atoms with Gasteiger partial charge in [0.15, 0.2) is 0 Å². The highest BCUT2D eigenvalue weighted by atomic mass is 19.1. The van der Waals surface area contributed by atoms with Crippen molar-refractivity contribution in [3.05, 3.63) is 35.6 Å². The molecule has 0 aliphatic rings. The molecule has 0 saturated carbocycles. The summed E-state index contributed by atoms with van der Waals surface area (Å²) in [7, 11) is 0. The maximum atomic E-state index is 13.2. The Bertz CT molecular complexity index is 381. The molecule has 0 radical (unpaired) electrons. The van der Waals surface area contributed by atoms with Crippen LogP contribution in [0.3, 0.4) is 0 Å². The van der Waals surface area contributed by atoms with Crippen LogP contribution in [-0.2, 0) is 16.0 Å². The number of nitrogens with zero attached hydrogens (tertiary/aromatic N) is 1. The van der Waals surface area contributed by atoms with Crippen molar-refractivity contribution in [1.29, 1.82) is 0 Å². The molecule has 1 aromatic rings. The molecule has 0 fully saturated rings. The van der Waals surface area contributed by atoms with Crippen LogP contribution in [0.25, 0.3) is 0 Å². The van der Waals surface area contributed by atoms with Gasteiger partial charge in [-0.15, -0.1) is 0 Å². The molecule has 1 rings (SSSR count). The summed E-state index contributed by atoms with van der Waals surface area (Å²) in [4.78, 5) is 22.0. The molecule has 0 unspecified atom stereocenters. The maximum absolute atomic E-state index is 13.2. The number of benzene rings is 1. The van der Waals surface area contributed by atoms with Gasteiger partial charge in [0.05, 0.1) is 0 Å². The van der Waals surface area contributed by atoms with E-state index in [1.54, 1.807) is 18.2 Å². The zero-order valence-electron chi connectivity index (χ0n) is 8.60. The average Bonchev–Trinajstić information content (AvgIpc) is 2.25. The number of amides is 1. The van der Waals surface area contributed by atoms with E-state index in [9.17, 15) is 14.0 Å². The topological polar surface area (TPSA) is 57.6 Å². The highest BCUT2D eigenvalue weighted by Crippen LogP contribution is 2.07. The lowest BCUT2D eigenvalue weighted by Gasteiger charge is -2.14. The summed E-state index contributed by atoms with van der Waals surface area (Å²) >= 11 is 0. The standard InChI is InChI=1S/C11H12FNO3/c12-10-4-2-1-3-9(10)5-6-13(8-14)7-11(15)16/h1-4,8H,5-7H2,(H,15,16). The molecule has 1 N–H and O–H groups in total. The number of carboxylic acids is 1. The van der Waals surface area contributed by atoms with Gasteiger partial charge in [-0.1, -0.05) is 18.2 Å². The Balaban J connectivity index is 2.53. The number of aliphatic carboxylic acids is 1. The molecule has 4 nitrogen and oxygen atoms in total. The molecule has 0 bridgehead atoms. The van der Waals surface area contributed by atoms with Gasteiger partial charge >= 0.3 is 5.97 Å². The second-order valence-electron chi connectivity index (χ2n) is 3.31. The van der Waals surface area contributed by atoms with Crippen LogP contribution in [0.15, 0.2) is 24.3 Å². The fraction of sp³-hybridized carbons (Fsp3) is 0.273. The van der Waals surface area contributed by atoms with E-state index in [2.05, 4.69) is 0 Å². The molecule has 0 aromatic heterocycles. The smallest absolute Gasteiger partial charge is 0.323 e. The summed E-state index contributed by atoms with van der Waals surface area (Å²) in [5.41, 5.74) is 0.472. The molecule has 0 atom stereocenters. The minimum atomic E-state index is -1.08. The first kappa shape index (κ1) is 12.2. The summed E-state index contributed by atoms with van der Waals surface area (Å²) in [6, 6.07) is 6.21. The third kappa shape index (κ3) is 3.68. The summed E-state index contributed by atoms with van der Waals surface area (Å²) in [6.07, 6.45) is 0.758. The number of hydrogen-bond acceptors (Lipinski definition) is 2. The Hall–Kier alpha value is -1.91. The van der Waals surface area contributed by atoms with Crippen molar-refractivity contribution in [2.45, 2.75) is 6.42 Å².